The average Bonchev–Trinajstić information content (AvgIpc) is 3.48. The molecule has 10 nitrogen and oxygen atoms in total. The Labute approximate surface area is 283 Å². The average molecular weight is 674 g/mol. The van der Waals surface area contributed by atoms with Crippen LogP contribution in [0.4, 0.5) is 5.82 Å². The van der Waals surface area contributed by atoms with Crippen molar-refractivity contribution in [3.8, 4) is 0 Å². The number of carbonyl (C=O) groups excluding carboxylic acids is 3. The minimum Gasteiger partial charge on any atom is -0.374 e. The number of ether oxygens (including phenoxy) is 1. The van der Waals surface area contributed by atoms with E-state index in [1.165, 1.54) is 19.3 Å². The first-order valence-corrected chi connectivity index (χ1v) is 15.6. The fourth-order valence-corrected chi connectivity index (χ4v) is 6.28. The summed E-state index contributed by atoms with van der Waals surface area (Å²) in [6.07, 6.45) is 10.1. The number of rotatable bonds is 11. The van der Waals surface area contributed by atoms with Gasteiger partial charge in [0.25, 0.3) is 11.8 Å². The highest BCUT2D eigenvalue weighted by Gasteiger charge is 2.39. The highest BCUT2D eigenvalue weighted by atomic mass is 35.5. The monoisotopic (exact) mass is 672 g/mol. The molecule has 46 heavy (non-hydrogen) atoms. The van der Waals surface area contributed by atoms with Gasteiger partial charge in [-0.25, -0.2) is 4.98 Å². The fourth-order valence-electron chi connectivity index (χ4n) is 6.28. The van der Waals surface area contributed by atoms with Crippen LogP contribution in [0.2, 0.25) is 0 Å². The number of nitrogens with zero attached hydrogens (tertiary/aromatic N) is 3. The molecule has 3 aromatic rings. The number of nitrogens with two attached hydrogens (primary N) is 1. The fraction of sp³-hybridized carbons (Fsp3) is 0.471. The highest BCUT2D eigenvalue weighted by molar-refractivity contribution is 5.98. The van der Waals surface area contributed by atoms with Gasteiger partial charge in [-0.15, -0.1) is 24.8 Å². The molecule has 12 heteroatoms. The van der Waals surface area contributed by atoms with Crippen LogP contribution in [0.1, 0.15) is 69.5 Å². The molecule has 1 saturated heterocycles. The second-order valence-electron chi connectivity index (χ2n) is 12.5. The van der Waals surface area contributed by atoms with E-state index in [0.29, 0.717) is 5.92 Å². The molecule has 5 rings (SSSR count). The summed E-state index contributed by atoms with van der Waals surface area (Å²) < 4.78 is 7.57. The lowest BCUT2D eigenvalue weighted by Crippen LogP contribution is -2.56. The Kier molecular flexibility index (Phi) is 13.6. The number of hydrogen-bond acceptors (Lipinski definition) is 6. The summed E-state index contributed by atoms with van der Waals surface area (Å²) in [6.45, 7) is 4.11. The largest absolute Gasteiger partial charge is 0.374 e. The van der Waals surface area contributed by atoms with Gasteiger partial charge in [-0.3, -0.25) is 14.4 Å². The topological polar surface area (TPSA) is 132 Å². The van der Waals surface area contributed by atoms with Gasteiger partial charge >= 0.3 is 0 Å². The van der Waals surface area contributed by atoms with E-state index in [1.54, 1.807) is 30.9 Å². The van der Waals surface area contributed by atoms with Crippen molar-refractivity contribution in [2.75, 3.05) is 18.5 Å². The maximum Gasteiger partial charge on any atom is 0.250 e. The van der Waals surface area contributed by atoms with E-state index in [4.69, 9.17) is 10.5 Å². The zero-order chi connectivity index (χ0) is 31.1. The second kappa shape index (κ2) is 16.9. The Bertz CT molecular complexity index is 1410. The summed E-state index contributed by atoms with van der Waals surface area (Å²) in [7, 11) is 0. The SMILES string of the molecule is CC(C)(N)C(=O)N[C@H](COCc1ccccc1)C(=O)Nc1cn(C(C(=O)N2CCCC3CCCCC32)c2ccccc2)cn1.Cl.Cl. The lowest BCUT2D eigenvalue weighted by atomic mass is 9.78. The van der Waals surface area contributed by atoms with Crippen molar-refractivity contribution in [1.82, 2.24) is 19.8 Å². The Balaban J connectivity index is 0.00000288. The molecule has 3 amide bonds. The molecule has 4 atom stereocenters. The third-order valence-electron chi connectivity index (χ3n) is 8.63. The number of hydrogen-bond donors (Lipinski definition) is 3. The van der Waals surface area contributed by atoms with Gasteiger partial charge in [-0.2, -0.15) is 0 Å². The molecule has 1 saturated carbocycles. The van der Waals surface area contributed by atoms with Gasteiger partial charge < -0.3 is 30.6 Å². The van der Waals surface area contributed by atoms with E-state index in [-0.39, 0.29) is 55.8 Å². The Hall–Kier alpha value is -3.44. The summed E-state index contributed by atoms with van der Waals surface area (Å²) in [4.78, 5) is 46.9. The number of fused-ring (bicyclic) bond motifs is 1. The van der Waals surface area contributed by atoms with Crippen molar-refractivity contribution in [2.24, 2.45) is 11.7 Å². The third-order valence-corrected chi connectivity index (χ3v) is 8.63. The summed E-state index contributed by atoms with van der Waals surface area (Å²) in [6, 6.07) is 17.9. The van der Waals surface area contributed by atoms with Crippen LogP contribution >= 0.6 is 24.8 Å². The Morgan fingerprint density at radius 1 is 0.978 bits per heavy atom. The maximum atomic E-state index is 14.3. The zero-order valence-corrected chi connectivity index (χ0v) is 28.1. The van der Waals surface area contributed by atoms with Gasteiger partial charge in [0.15, 0.2) is 5.82 Å². The number of aromatic nitrogens is 2. The number of benzene rings is 2. The first-order valence-electron chi connectivity index (χ1n) is 15.6. The second-order valence-corrected chi connectivity index (χ2v) is 12.5. The van der Waals surface area contributed by atoms with Crippen molar-refractivity contribution in [2.45, 2.75) is 82.6 Å². The van der Waals surface area contributed by atoms with E-state index >= 15 is 0 Å². The number of likely N-dealkylation sites (tertiary alicyclic amines) is 1. The lowest BCUT2D eigenvalue weighted by molar-refractivity contribution is -0.140. The molecule has 4 N–H and O–H groups in total. The normalized spacial score (nSPS) is 19.0. The van der Waals surface area contributed by atoms with Crippen LogP contribution in [0.3, 0.4) is 0 Å². The molecule has 1 aliphatic carbocycles. The van der Waals surface area contributed by atoms with Crippen LogP contribution in [-0.4, -0.2) is 62.9 Å². The van der Waals surface area contributed by atoms with Crippen LogP contribution in [0.15, 0.2) is 73.2 Å². The molecule has 2 aliphatic rings. The van der Waals surface area contributed by atoms with Gasteiger partial charge in [-0.1, -0.05) is 73.5 Å². The van der Waals surface area contributed by atoms with Crippen molar-refractivity contribution in [1.29, 1.82) is 0 Å². The molecule has 1 aromatic heterocycles. The minimum atomic E-state index is -1.19. The molecule has 2 heterocycles. The predicted octanol–water partition coefficient (Wildman–Crippen LogP) is 4.87. The molecule has 0 spiro atoms. The molecule has 1 aliphatic heterocycles. The van der Waals surface area contributed by atoms with Gasteiger partial charge in [0.1, 0.15) is 12.1 Å². The smallest absolute Gasteiger partial charge is 0.250 e. The van der Waals surface area contributed by atoms with Crippen LogP contribution in [0.25, 0.3) is 0 Å². The van der Waals surface area contributed by atoms with E-state index in [1.807, 2.05) is 60.7 Å². The zero-order valence-electron chi connectivity index (χ0n) is 26.5. The summed E-state index contributed by atoms with van der Waals surface area (Å²) in [5.41, 5.74) is 6.60. The maximum absolute atomic E-state index is 14.3. The van der Waals surface area contributed by atoms with E-state index in [2.05, 4.69) is 20.5 Å². The lowest BCUT2D eigenvalue weighted by Gasteiger charge is -2.45. The van der Waals surface area contributed by atoms with Crippen molar-refractivity contribution in [3.05, 3.63) is 84.3 Å². The van der Waals surface area contributed by atoms with Crippen LogP contribution in [-0.2, 0) is 25.7 Å². The number of nitrogens with one attached hydrogen (secondary N) is 2. The molecular formula is C34H46Cl2N6O4. The van der Waals surface area contributed by atoms with E-state index in [9.17, 15) is 14.4 Å². The van der Waals surface area contributed by atoms with Crippen molar-refractivity contribution >= 4 is 48.4 Å². The van der Waals surface area contributed by atoms with Gasteiger partial charge in [0.2, 0.25) is 5.91 Å². The van der Waals surface area contributed by atoms with Gasteiger partial charge in [-0.05, 0) is 56.6 Å². The Morgan fingerprint density at radius 2 is 1.63 bits per heavy atom. The van der Waals surface area contributed by atoms with E-state index in [0.717, 1.165) is 36.9 Å². The van der Waals surface area contributed by atoms with Gasteiger partial charge in [0.05, 0.1) is 25.1 Å². The highest BCUT2D eigenvalue weighted by Crippen LogP contribution is 2.37. The molecular weight excluding hydrogens is 627 g/mol. The first kappa shape index (κ1) is 37.0. The first-order chi connectivity index (χ1) is 21.2. The summed E-state index contributed by atoms with van der Waals surface area (Å²) in [5.74, 6) is -0.0986. The summed E-state index contributed by atoms with van der Waals surface area (Å²) >= 11 is 0. The molecule has 250 valence electrons. The van der Waals surface area contributed by atoms with Gasteiger partial charge in [0, 0.05) is 18.8 Å². The number of carbonyl (C=O) groups is 3. The molecule has 0 radical (unpaired) electrons. The quantitative estimate of drug-likeness (QED) is 0.266. The van der Waals surface area contributed by atoms with Crippen molar-refractivity contribution < 1.29 is 19.1 Å². The Morgan fingerprint density at radius 3 is 2.33 bits per heavy atom. The number of amides is 3. The molecule has 2 aromatic carbocycles. The third kappa shape index (κ3) is 9.31. The molecule has 3 unspecified atom stereocenters. The standard InChI is InChI=1S/C34H44N6O4.2ClH/c1-34(2,35)33(43)37-27(22-44-21-24-12-5-3-6-13-24)31(41)38-29-20-39(23-36-29)30(26-15-7-4-8-16-26)32(42)40-19-11-17-25-14-9-10-18-28(25)40;;/h3-8,12-13,15-16,20,23,25,27-28,30H,9-11,14,17-19,21-22,35H2,1-2H3,(H,37,43)(H,38,41);2*1H/t25?,27-,28?,30?;;/m1../s1. The molecule has 0 bridgehead atoms. The summed E-state index contributed by atoms with van der Waals surface area (Å²) in [5, 5.41) is 5.52. The number of halogens is 2. The van der Waals surface area contributed by atoms with Crippen molar-refractivity contribution in [3.63, 3.8) is 0 Å². The number of anilines is 1. The molecule has 2 fully saturated rings. The number of imidazole rings is 1. The number of piperidine rings is 1. The van der Waals surface area contributed by atoms with Crippen LogP contribution in [0.5, 0.6) is 0 Å². The predicted molar refractivity (Wildman–Crippen MR) is 183 cm³/mol. The van der Waals surface area contributed by atoms with Crippen LogP contribution < -0.4 is 16.4 Å². The van der Waals surface area contributed by atoms with Crippen LogP contribution in [0, 0.1) is 5.92 Å². The van der Waals surface area contributed by atoms with E-state index < -0.39 is 29.4 Å². The minimum absolute atomic E-state index is 0.